The van der Waals surface area contributed by atoms with Gasteiger partial charge in [0.15, 0.2) is 0 Å². The van der Waals surface area contributed by atoms with Gasteiger partial charge < -0.3 is 10.4 Å². The Balaban J connectivity index is 1.84. The fourth-order valence-corrected chi connectivity index (χ4v) is 3.74. The van der Waals surface area contributed by atoms with Crippen molar-refractivity contribution in [1.82, 2.24) is 5.32 Å². The molecule has 2 N–H and O–H groups in total. The smallest absolute Gasteiger partial charge is 0.312 e. The maximum absolute atomic E-state index is 12.0. The minimum atomic E-state index is -0.907. The van der Waals surface area contributed by atoms with E-state index in [0.29, 0.717) is 12.3 Å². The molecule has 0 spiro atoms. The van der Waals surface area contributed by atoms with Gasteiger partial charge in [-0.1, -0.05) is 30.3 Å². The van der Waals surface area contributed by atoms with Crippen molar-refractivity contribution < 1.29 is 14.7 Å². The van der Waals surface area contributed by atoms with Crippen molar-refractivity contribution in [3.8, 4) is 0 Å². The third kappa shape index (κ3) is 5.08. The number of hydrogen-bond donors (Lipinski definition) is 2. The highest BCUT2D eigenvalue weighted by molar-refractivity contribution is 7.99. The molecule has 114 valence electrons. The number of hydrogen-bond acceptors (Lipinski definition) is 3. The van der Waals surface area contributed by atoms with E-state index in [2.05, 4.69) is 5.32 Å². The molecule has 1 saturated heterocycles. The lowest BCUT2D eigenvalue weighted by Crippen LogP contribution is -2.33. The molecule has 1 aliphatic rings. The molecule has 0 saturated carbocycles. The zero-order valence-corrected chi connectivity index (χ0v) is 12.8. The Morgan fingerprint density at radius 2 is 1.90 bits per heavy atom. The number of carboxylic acid groups (broad SMARTS) is 1. The average Bonchev–Trinajstić information content (AvgIpc) is 2.49. The molecule has 5 heteroatoms. The van der Waals surface area contributed by atoms with Crippen LogP contribution in [0.25, 0.3) is 0 Å². The number of amides is 1. The SMILES string of the molecule is O=C(CC1CCSCC1)NCC(C(=O)O)c1ccccc1. The van der Waals surface area contributed by atoms with Gasteiger partial charge in [-0.15, -0.1) is 0 Å². The van der Waals surface area contributed by atoms with E-state index in [1.165, 1.54) is 0 Å². The van der Waals surface area contributed by atoms with E-state index in [0.717, 1.165) is 29.9 Å². The molecule has 1 unspecified atom stereocenters. The molecular weight excluding hydrogens is 286 g/mol. The van der Waals surface area contributed by atoms with E-state index in [4.69, 9.17) is 0 Å². The van der Waals surface area contributed by atoms with Gasteiger partial charge in [0.25, 0.3) is 0 Å². The highest BCUT2D eigenvalue weighted by Crippen LogP contribution is 2.25. The Hall–Kier alpha value is -1.49. The van der Waals surface area contributed by atoms with Crippen molar-refractivity contribution in [1.29, 1.82) is 0 Å². The Morgan fingerprint density at radius 3 is 2.52 bits per heavy atom. The highest BCUT2D eigenvalue weighted by atomic mass is 32.2. The Kier molecular flexibility index (Phi) is 6.11. The maximum atomic E-state index is 12.0. The number of benzene rings is 1. The number of carboxylic acids is 1. The number of carbonyl (C=O) groups excluding carboxylic acids is 1. The Labute approximate surface area is 129 Å². The predicted octanol–water partition coefficient (Wildman–Crippen LogP) is 2.50. The summed E-state index contributed by atoms with van der Waals surface area (Å²) in [4.78, 5) is 23.3. The summed E-state index contributed by atoms with van der Waals surface area (Å²) in [5.74, 6) is 1.08. The summed E-state index contributed by atoms with van der Waals surface area (Å²) in [6, 6.07) is 9.04. The predicted molar refractivity (Wildman–Crippen MR) is 84.5 cm³/mol. The molecule has 2 rings (SSSR count). The molecule has 0 radical (unpaired) electrons. The van der Waals surface area contributed by atoms with Crippen molar-refractivity contribution in [3.05, 3.63) is 35.9 Å². The first kappa shape index (κ1) is 15.9. The Morgan fingerprint density at radius 1 is 1.24 bits per heavy atom. The topological polar surface area (TPSA) is 66.4 Å². The van der Waals surface area contributed by atoms with Gasteiger partial charge in [-0.25, -0.2) is 0 Å². The molecule has 0 aromatic heterocycles. The first-order valence-electron chi connectivity index (χ1n) is 7.29. The van der Waals surface area contributed by atoms with E-state index in [1.807, 2.05) is 30.0 Å². The van der Waals surface area contributed by atoms with Crippen LogP contribution in [0.5, 0.6) is 0 Å². The monoisotopic (exact) mass is 307 g/mol. The minimum absolute atomic E-state index is 0.0333. The fraction of sp³-hybridized carbons (Fsp3) is 0.500. The van der Waals surface area contributed by atoms with E-state index in [9.17, 15) is 14.7 Å². The highest BCUT2D eigenvalue weighted by Gasteiger charge is 2.22. The van der Waals surface area contributed by atoms with Gasteiger partial charge in [0.2, 0.25) is 5.91 Å². The van der Waals surface area contributed by atoms with Crippen LogP contribution in [-0.4, -0.2) is 35.0 Å². The molecule has 0 aliphatic carbocycles. The number of nitrogens with one attached hydrogen (secondary N) is 1. The second-order valence-electron chi connectivity index (χ2n) is 5.37. The van der Waals surface area contributed by atoms with Gasteiger partial charge in [-0.3, -0.25) is 9.59 Å². The van der Waals surface area contributed by atoms with E-state index in [-0.39, 0.29) is 12.5 Å². The molecule has 1 aromatic carbocycles. The molecule has 21 heavy (non-hydrogen) atoms. The molecule has 1 atom stereocenters. The van der Waals surface area contributed by atoms with Crippen LogP contribution in [0.15, 0.2) is 30.3 Å². The zero-order chi connectivity index (χ0) is 15.1. The molecular formula is C16H21NO3S. The first-order chi connectivity index (χ1) is 10.2. The molecule has 4 nitrogen and oxygen atoms in total. The minimum Gasteiger partial charge on any atom is -0.481 e. The molecule has 1 aliphatic heterocycles. The van der Waals surface area contributed by atoms with E-state index in [1.54, 1.807) is 12.1 Å². The lowest BCUT2D eigenvalue weighted by Gasteiger charge is -2.21. The van der Waals surface area contributed by atoms with E-state index >= 15 is 0 Å². The fourth-order valence-electron chi connectivity index (χ4n) is 2.53. The number of aliphatic carboxylic acids is 1. The molecule has 1 amide bonds. The number of thioether (sulfide) groups is 1. The van der Waals surface area contributed by atoms with Gasteiger partial charge in [0.1, 0.15) is 0 Å². The zero-order valence-electron chi connectivity index (χ0n) is 12.0. The van der Waals surface area contributed by atoms with Crippen LogP contribution in [-0.2, 0) is 9.59 Å². The lowest BCUT2D eigenvalue weighted by atomic mass is 9.97. The van der Waals surface area contributed by atoms with Crippen molar-refractivity contribution in [2.45, 2.75) is 25.2 Å². The van der Waals surface area contributed by atoms with Crippen LogP contribution in [0.2, 0.25) is 0 Å². The van der Waals surface area contributed by atoms with Gasteiger partial charge in [0, 0.05) is 13.0 Å². The molecule has 1 heterocycles. The largest absolute Gasteiger partial charge is 0.481 e. The summed E-state index contributed by atoms with van der Waals surface area (Å²) in [7, 11) is 0. The quantitative estimate of drug-likeness (QED) is 0.847. The van der Waals surface area contributed by atoms with Crippen LogP contribution >= 0.6 is 11.8 Å². The average molecular weight is 307 g/mol. The molecule has 1 fully saturated rings. The first-order valence-corrected chi connectivity index (χ1v) is 8.44. The van der Waals surface area contributed by atoms with Crippen molar-refractivity contribution in [3.63, 3.8) is 0 Å². The second kappa shape index (κ2) is 8.08. The summed E-state index contributed by atoms with van der Waals surface area (Å²) in [5, 5.41) is 12.1. The lowest BCUT2D eigenvalue weighted by molar-refractivity contribution is -0.138. The second-order valence-corrected chi connectivity index (χ2v) is 6.59. The van der Waals surface area contributed by atoms with Gasteiger partial charge >= 0.3 is 5.97 Å². The summed E-state index contributed by atoms with van der Waals surface area (Å²) < 4.78 is 0. The summed E-state index contributed by atoms with van der Waals surface area (Å²) in [5.41, 5.74) is 0.722. The summed E-state index contributed by atoms with van der Waals surface area (Å²) in [6.07, 6.45) is 2.68. The maximum Gasteiger partial charge on any atom is 0.312 e. The van der Waals surface area contributed by atoms with Crippen molar-refractivity contribution in [2.75, 3.05) is 18.1 Å². The molecule has 1 aromatic rings. The van der Waals surface area contributed by atoms with Crippen LogP contribution in [0.1, 0.15) is 30.7 Å². The standard InChI is InChI=1S/C16H21NO3S/c18-15(10-12-6-8-21-9-7-12)17-11-14(16(19)20)13-4-2-1-3-5-13/h1-5,12,14H,6-11H2,(H,17,18)(H,19,20). The van der Waals surface area contributed by atoms with Crippen molar-refractivity contribution in [2.24, 2.45) is 5.92 Å². The van der Waals surface area contributed by atoms with Crippen LogP contribution in [0, 0.1) is 5.92 Å². The third-order valence-corrected chi connectivity index (χ3v) is 4.87. The Bertz CT molecular complexity index is 472. The normalized spacial score (nSPS) is 17.1. The number of carbonyl (C=O) groups is 2. The van der Waals surface area contributed by atoms with Crippen LogP contribution in [0.3, 0.4) is 0 Å². The van der Waals surface area contributed by atoms with E-state index < -0.39 is 11.9 Å². The van der Waals surface area contributed by atoms with Crippen molar-refractivity contribution >= 4 is 23.6 Å². The van der Waals surface area contributed by atoms with Crippen LogP contribution in [0.4, 0.5) is 0 Å². The number of rotatable bonds is 6. The van der Waals surface area contributed by atoms with Gasteiger partial charge in [-0.2, -0.15) is 11.8 Å². The van der Waals surface area contributed by atoms with Gasteiger partial charge in [0.05, 0.1) is 5.92 Å². The van der Waals surface area contributed by atoms with Crippen LogP contribution < -0.4 is 5.32 Å². The third-order valence-electron chi connectivity index (χ3n) is 3.82. The summed E-state index contributed by atoms with van der Waals surface area (Å²) in [6.45, 7) is 0.152. The van der Waals surface area contributed by atoms with Gasteiger partial charge in [-0.05, 0) is 35.8 Å². The molecule has 0 bridgehead atoms. The summed E-state index contributed by atoms with van der Waals surface area (Å²) >= 11 is 1.94.